The van der Waals surface area contributed by atoms with Crippen LogP contribution in [0, 0.1) is 0 Å². The van der Waals surface area contributed by atoms with Crippen molar-refractivity contribution in [3.05, 3.63) is 48.2 Å². The lowest BCUT2D eigenvalue weighted by Gasteiger charge is -2.14. The van der Waals surface area contributed by atoms with Crippen LogP contribution in [0.5, 0.6) is 17.4 Å². The third kappa shape index (κ3) is 5.59. The molecule has 1 heterocycles. The highest BCUT2D eigenvalue weighted by atomic mass is 32.1. The predicted octanol–water partition coefficient (Wildman–Crippen LogP) is 3.02. The third-order valence-corrected chi connectivity index (χ3v) is 3.14. The molecule has 3 N–H and O–H groups in total. The van der Waals surface area contributed by atoms with Crippen molar-refractivity contribution in [3.63, 3.8) is 0 Å². The van der Waals surface area contributed by atoms with Gasteiger partial charge in [0.2, 0.25) is 5.88 Å². The molecule has 0 radical (unpaired) electrons. The average molecular weight is 385 g/mol. The molecule has 0 fully saturated rings. The maximum absolute atomic E-state index is 12.5. The maximum atomic E-state index is 12.5. The van der Waals surface area contributed by atoms with Gasteiger partial charge in [-0.3, -0.25) is 4.79 Å². The quantitative estimate of drug-likeness (QED) is 0.770. The molecule has 0 aliphatic heterocycles. The molecular formula is C16H14F3N3O3S. The number of nitrogens with two attached hydrogens (primary N) is 1. The standard InChI is InChI=1S/C16H14F3N3O3S/c1-9(14(23)22-15(20)26)24-11-3-5-12(6-4-11)25-13-7-2-10(8-21-13)16(17,18)19/h2-9H,1H3,(H3,20,22,23,26). The van der Waals surface area contributed by atoms with Crippen LogP contribution in [-0.4, -0.2) is 22.1 Å². The fraction of sp³-hybridized carbons (Fsp3) is 0.188. The van der Waals surface area contributed by atoms with E-state index in [0.29, 0.717) is 17.7 Å². The summed E-state index contributed by atoms with van der Waals surface area (Å²) >= 11 is 4.57. The van der Waals surface area contributed by atoms with Gasteiger partial charge in [0.1, 0.15) is 11.5 Å². The van der Waals surface area contributed by atoms with Crippen LogP contribution in [0.25, 0.3) is 0 Å². The molecule has 1 unspecified atom stereocenters. The Labute approximate surface area is 152 Å². The van der Waals surface area contributed by atoms with Gasteiger partial charge in [-0.2, -0.15) is 13.2 Å². The van der Waals surface area contributed by atoms with Gasteiger partial charge < -0.3 is 20.5 Å². The Morgan fingerprint density at radius 1 is 1.19 bits per heavy atom. The number of carbonyl (C=O) groups excluding carboxylic acids is 1. The number of carbonyl (C=O) groups is 1. The lowest BCUT2D eigenvalue weighted by Crippen LogP contribution is -2.42. The molecule has 6 nitrogen and oxygen atoms in total. The predicted molar refractivity (Wildman–Crippen MR) is 90.8 cm³/mol. The van der Waals surface area contributed by atoms with Crippen molar-refractivity contribution in [1.82, 2.24) is 10.3 Å². The number of alkyl halides is 3. The number of hydrogen-bond donors (Lipinski definition) is 2. The number of aromatic nitrogens is 1. The molecule has 1 atom stereocenters. The first-order valence-corrected chi connectivity index (χ1v) is 7.64. The van der Waals surface area contributed by atoms with E-state index in [1.165, 1.54) is 31.2 Å². The van der Waals surface area contributed by atoms with Crippen molar-refractivity contribution in [2.75, 3.05) is 0 Å². The number of ether oxygens (including phenoxy) is 2. The number of nitrogens with zero attached hydrogens (tertiary/aromatic N) is 1. The second-order valence-corrected chi connectivity index (χ2v) is 5.51. The van der Waals surface area contributed by atoms with Crippen LogP contribution in [-0.2, 0) is 11.0 Å². The SMILES string of the molecule is CC(Oc1ccc(Oc2ccc(C(F)(F)F)cn2)cc1)C(=O)NC(N)=S. The van der Waals surface area contributed by atoms with Gasteiger partial charge in [0.25, 0.3) is 5.91 Å². The Balaban J connectivity index is 1.97. The van der Waals surface area contributed by atoms with Gasteiger partial charge in [-0.05, 0) is 49.5 Å². The molecule has 0 aliphatic carbocycles. The topological polar surface area (TPSA) is 86.5 Å². The van der Waals surface area contributed by atoms with Gasteiger partial charge in [0.05, 0.1) is 5.56 Å². The molecule has 2 aromatic rings. The zero-order valence-corrected chi connectivity index (χ0v) is 14.2. The van der Waals surface area contributed by atoms with Crippen LogP contribution in [0.4, 0.5) is 13.2 Å². The molecular weight excluding hydrogens is 371 g/mol. The van der Waals surface area contributed by atoms with Crippen LogP contribution >= 0.6 is 12.2 Å². The number of nitrogens with one attached hydrogen (secondary N) is 1. The molecule has 0 saturated heterocycles. The summed E-state index contributed by atoms with van der Waals surface area (Å²) in [5.41, 5.74) is 4.35. The molecule has 0 spiro atoms. The molecule has 1 aromatic carbocycles. The molecule has 26 heavy (non-hydrogen) atoms. The van der Waals surface area contributed by atoms with Gasteiger partial charge >= 0.3 is 6.18 Å². The van der Waals surface area contributed by atoms with Gasteiger partial charge in [0, 0.05) is 12.3 Å². The number of thiocarbonyl (C=S) groups is 1. The molecule has 2 rings (SSSR count). The number of rotatable bonds is 5. The van der Waals surface area contributed by atoms with Gasteiger partial charge in [-0.25, -0.2) is 4.98 Å². The number of hydrogen-bond acceptors (Lipinski definition) is 5. The third-order valence-electron chi connectivity index (χ3n) is 3.04. The lowest BCUT2D eigenvalue weighted by molar-refractivity contribution is -0.137. The Bertz CT molecular complexity index is 780. The summed E-state index contributed by atoms with van der Waals surface area (Å²) in [6.07, 6.45) is -4.60. The van der Waals surface area contributed by atoms with Crippen molar-refractivity contribution in [3.8, 4) is 17.4 Å². The zero-order chi connectivity index (χ0) is 19.3. The summed E-state index contributed by atoms with van der Waals surface area (Å²) in [7, 11) is 0. The summed E-state index contributed by atoms with van der Waals surface area (Å²) in [5.74, 6) is 0.232. The van der Waals surface area contributed by atoms with Crippen molar-refractivity contribution in [1.29, 1.82) is 0 Å². The molecule has 0 aliphatic rings. The maximum Gasteiger partial charge on any atom is 0.417 e. The first kappa shape index (κ1) is 19.4. The fourth-order valence-corrected chi connectivity index (χ4v) is 1.90. The van der Waals surface area contributed by atoms with Crippen LogP contribution < -0.4 is 20.5 Å². The Hall–Kier alpha value is -2.88. The highest BCUT2D eigenvalue weighted by Gasteiger charge is 2.30. The minimum atomic E-state index is -4.46. The molecule has 1 amide bonds. The van der Waals surface area contributed by atoms with Crippen LogP contribution in [0.15, 0.2) is 42.6 Å². The van der Waals surface area contributed by atoms with Crippen LogP contribution in [0.2, 0.25) is 0 Å². The Morgan fingerprint density at radius 2 is 1.81 bits per heavy atom. The number of pyridine rings is 1. The van der Waals surface area contributed by atoms with Gasteiger partial charge in [-0.1, -0.05) is 0 Å². The molecule has 0 bridgehead atoms. The normalized spacial score (nSPS) is 12.2. The molecule has 10 heteroatoms. The summed E-state index contributed by atoms with van der Waals surface area (Å²) in [4.78, 5) is 15.3. The van der Waals surface area contributed by atoms with Crippen LogP contribution in [0.1, 0.15) is 12.5 Å². The van der Waals surface area contributed by atoms with E-state index >= 15 is 0 Å². The highest BCUT2D eigenvalue weighted by Crippen LogP contribution is 2.30. The fourth-order valence-electron chi connectivity index (χ4n) is 1.80. The Morgan fingerprint density at radius 3 is 2.31 bits per heavy atom. The van der Waals surface area contributed by atoms with E-state index in [1.54, 1.807) is 0 Å². The van der Waals surface area contributed by atoms with Crippen molar-refractivity contribution in [2.24, 2.45) is 5.73 Å². The monoisotopic (exact) mass is 385 g/mol. The van der Waals surface area contributed by atoms with E-state index < -0.39 is 23.8 Å². The lowest BCUT2D eigenvalue weighted by atomic mass is 10.3. The van der Waals surface area contributed by atoms with E-state index in [4.69, 9.17) is 15.2 Å². The number of amides is 1. The second kappa shape index (κ2) is 8.00. The van der Waals surface area contributed by atoms with Crippen molar-refractivity contribution < 1.29 is 27.4 Å². The Kier molecular flexibility index (Phi) is 5.98. The minimum Gasteiger partial charge on any atom is -0.481 e. The molecule has 0 saturated carbocycles. The first-order valence-electron chi connectivity index (χ1n) is 7.23. The van der Waals surface area contributed by atoms with E-state index in [9.17, 15) is 18.0 Å². The van der Waals surface area contributed by atoms with Gasteiger partial charge in [-0.15, -0.1) is 0 Å². The van der Waals surface area contributed by atoms with E-state index in [2.05, 4.69) is 22.5 Å². The minimum absolute atomic E-state index is 0.0101. The van der Waals surface area contributed by atoms with E-state index in [-0.39, 0.29) is 11.0 Å². The summed E-state index contributed by atoms with van der Waals surface area (Å²) in [6, 6.07) is 8.10. The first-order chi connectivity index (χ1) is 12.1. The zero-order valence-electron chi connectivity index (χ0n) is 13.4. The second-order valence-electron chi connectivity index (χ2n) is 5.07. The summed E-state index contributed by atoms with van der Waals surface area (Å²) in [5, 5.41) is 2.10. The van der Waals surface area contributed by atoms with Crippen LogP contribution in [0.3, 0.4) is 0 Å². The van der Waals surface area contributed by atoms with Crippen molar-refractivity contribution in [2.45, 2.75) is 19.2 Å². The summed E-state index contributed by atoms with van der Waals surface area (Å²) < 4.78 is 48.2. The van der Waals surface area contributed by atoms with Gasteiger partial charge in [0.15, 0.2) is 11.2 Å². The van der Waals surface area contributed by atoms with E-state index in [0.717, 1.165) is 12.1 Å². The smallest absolute Gasteiger partial charge is 0.417 e. The average Bonchev–Trinajstić information content (AvgIpc) is 2.55. The molecule has 1 aromatic heterocycles. The number of halogens is 3. The highest BCUT2D eigenvalue weighted by molar-refractivity contribution is 7.80. The van der Waals surface area contributed by atoms with Crippen molar-refractivity contribution >= 4 is 23.2 Å². The van der Waals surface area contributed by atoms with E-state index in [1.807, 2.05) is 0 Å². The summed E-state index contributed by atoms with van der Waals surface area (Å²) in [6.45, 7) is 1.52. The largest absolute Gasteiger partial charge is 0.481 e. The number of benzene rings is 1. The molecule has 138 valence electrons.